The molecule has 25 heteroatoms. The van der Waals surface area contributed by atoms with Crippen molar-refractivity contribution in [2.45, 2.75) is 122 Å². The normalized spacial score (nSPS) is 20.8. The third kappa shape index (κ3) is 15.6. The summed E-state index contributed by atoms with van der Waals surface area (Å²) in [5, 5.41) is 17.2. The number of alkyl carbamates (subject to hydrolysis) is 1. The van der Waals surface area contributed by atoms with Crippen LogP contribution < -0.4 is 29.7 Å². The van der Waals surface area contributed by atoms with E-state index < -0.39 is 109 Å². The molecular weight excluding hydrogens is 1000 g/mol. The zero-order valence-electron chi connectivity index (χ0n) is 43.5. The summed E-state index contributed by atoms with van der Waals surface area (Å²) in [6.45, 7) is 15.2. The number of anilines is 1. The van der Waals surface area contributed by atoms with Crippen LogP contribution in [-0.2, 0) is 68.5 Å². The predicted molar refractivity (Wildman–Crippen MR) is 262 cm³/mol. The van der Waals surface area contributed by atoms with E-state index in [4.69, 9.17) is 52.1 Å². The van der Waals surface area contributed by atoms with Crippen LogP contribution in [-0.4, -0.2) is 159 Å². The predicted octanol–water partition coefficient (Wildman–Crippen LogP) is 3.55. The lowest BCUT2D eigenvalue weighted by atomic mass is 9.97. The van der Waals surface area contributed by atoms with E-state index in [-0.39, 0.29) is 98.2 Å². The summed E-state index contributed by atoms with van der Waals surface area (Å²) in [6, 6.07) is 5.65. The molecule has 0 bridgehead atoms. The first-order valence-corrected chi connectivity index (χ1v) is 24.0. The van der Waals surface area contributed by atoms with E-state index in [1.54, 1.807) is 20.8 Å². The second-order valence-electron chi connectivity index (χ2n) is 18.4. The number of aliphatic hydroxyl groups excluding tert-OH is 1. The molecule has 1 unspecified atom stereocenters. The Morgan fingerprint density at radius 1 is 0.855 bits per heavy atom. The summed E-state index contributed by atoms with van der Waals surface area (Å²) in [5.74, 6) is -5.87. The molecule has 5 rings (SSSR count). The van der Waals surface area contributed by atoms with Crippen LogP contribution in [0.1, 0.15) is 93.5 Å². The number of nitrogens with zero attached hydrogens (tertiary/aromatic N) is 2. The second kappa shape index (κ2) is 26.5. The van der Waals surface area contributed by atoms with Gasteiger partial charge in [0.1, 0.15) is 24.6 Å². The van der Waals surface area contributed by atoms with E-state index in [2.05, 4.69) is 23.8 Å². The number of methoxy groups -OCH3 is 2. The standard InChI is InChI=1S/C51H64N4O21/c1-11-19-69-39(59)14-12-20-68-38-24-34-32(23-37(38)66-9)45(61)54-25-27(2)21-35(54)46(62)55(34)50(65)70-26-31-15-16-36(33(22-31)44(60)52-17-13-18-53-49(64)76-51(6,7)8)74-48-43(73-30(5)58)41(72-29(4)57)40(71-28(3)56)42(75-48)47(63)67-10/h11,15-16,22-24,35,40-43,46,48,62H,1-2,12-14,17-21,25-26H2,3-10H3,(H,52,60)(H,53,64)/t35-,40-,41-,42-,43+,46?,48+/m0/s1. The van der Waals surface area contributed by atoms with Crippen LogP contribution in [0.25, 0.3) is 0 Å². The molecule has 0 radical (unpaired) electrons. The molecule has 0 aliphatic carbocycles. The summed E-state index contributed by atoms with van der Waals surface area (Å²) in [6.07, 6.45) is -10.4. The van der Waals surface area contributed by atoms with Crippen molar-refractivity contribution in [2.75, 3.05) is 52.0 Å². The van der Waals surface area contributed by atoms with Gasteiger partial charge in [-0.15, -0.1) is 0 Å². The first kappa shape index (κ1) is 59.0. The number of benzene rings is 2. The van der Waals surface area contributed by atoms with Gasteiger partial charge in [-0.3, -0.25) is 28.8 Å². The maximum Gasteiger partial charge on any atom is 0.416 e. The van der Waals surface area contributed by atoms with E-state index in [1.807, 2.05) is 0 Å². The number of carbonyl (C=O) groups excluding carboxylic acids is 9. The molecular formula is C51H64N4O21. The van der Waals surface area contributed by atoms with Crippen molar-refractivity contribution in [3.63, 3.8) is 0 Å². The Labute approximate surface area is 437 Å². The highest BCUT2D eigenvalue weighted by atomic mass is 16.7. The third-order valence-corrected chi connectivity index (χ3v) is 11.3. The number of rotatable bonds is 21. The van der Waals surface area contributed by atoms with Gasteiger partial charge in [0, 0.05) is 52.9 Å². The number of fused-ring (bicyclic) bond motifs is 2. The average Bonchev–Trinajstić information content (AvgIpc) is 3.73. The van der Waals surface area contributed by atoms with Gasteiger partial charge in [-0.05, 0) is 63.8 Å². The van der Waals surface area contributed by atoms with E-state index >= 15 is 0 Å². The second-order valence-corrected chi connectivity index (χ2v) is 18.4. The Bertz CT molecular complexity index is 2540. The molecule has 2 saturated heterocycles. The quantitative estimate of drug-likeness (QED) is 0.0697. The highest BCUT2D eigenvalue weighted by molar-refractivity contribution is 6.06. The van der Waals surface area contributed by atoms with Gasteiger partial charge in [-0.1, -0.05) is 30.9 Å². The van der Waals surface area contributed by atoms with Crippen molar-refractivity contribution in [3.05, 3.63) is 71.8 Å². The zero-order chi connectivity index (χ0) is 56.0. The van der Waals surface area contributed by atoms with Crippen molar-refractivity contribution >= 4 is 59.5 Å². The molecule has 2 fully saturated rings. The molecule has 76 heavy (non-hydrogen) atoms. The van der Waals surface area contributed by atoms with Crippen LogP contribution in [0.3, 0.4) is 0 Å². The Morgan fingerprint density at radius 3 is 2.17 bits per heavy atom. The molecule has 2 aromatic rings. The first-order valence-electron chi connectivity index (χ1n) is 24.0. The Morgan fingerprint density at radius 2 is 1.53 bits per heavy atom. The highest BCUT2D eigenvalue weighted by Gasteiger charge is 2.56. The van der Waals surface area contributed by atoms with Crippen LogP contribution in [0.15, 0.2) is 55.1 Å². The van der Waals surface area contributed by atoms with Gasteiger partial charge in [-0.2, -0.15) is 0 Å². The fraction of sp³-hybridized carbons (Fsp3) is 0.510. The topological polar surface area (TPSA) is 306 Å². The van der Waals surface area contributed by atoms with Crippen molar-refractivity contribution < 1.29 is 100 Å². The van der Waals surface area contributed by atoms with Gasteiger partial charge in [0.05, 0.1) is 43.7 Å². The molecule has 3 N–H and O–H groups in total. The number of esters is 5. The van der Waals surface area contributed by atoms with Gasteiger partial charge < -0.3 is 72.7 Å². The number of carbonyl (C=O) groups is 9. The number of ether oxygens (including phenoxy) is 11. The Hall–Kier alpha value is -7.93. The summed E-state index contributed by atoms with van der Waals surface area (Å²) >= 11 is 0. The molecule has 3 aliphatic heterocycles. The Kier molecular flexibility index (Phi) is 20.6. The molecule has 3 heterocycles. The lowest BCUT2D eigenvalue weighted by Gasteiger charge is -2.43. The van der Waals surface area contributed by atoms with E-state index in [0.29, 0.717) is 5.57 Å². The van der Waals surface area contributed by atoms with Crippen LogP contribution in [0.5, 0.6) is 17.2 Å². The van der Waals surface area contributed by atoms with Gasteiger partial charge in [0.25, 0.3) is 11.8 Å². The van der Waals surface area contributed by atoms with Crippen LogP contribution in [0.2, 0.25) is 0 Å². The van der Waals surface area contributed by atoms with Crippen molar-refractivity contribution in [1.82, 2.24) is 15.5 Å². The molecule has 2 aromatic carbocycles. The van der Waals surface area contributed by atoms with Crippen molar-refractivity contribution in [1.29, 1.82) is 0 Å². The van der Waals surface area contributed by atoms with Crippen LogP contribution >= 0.6 is 0 Å². The van der Waals surface area contributed by atoms with Gasteiger partial charge in [-0.25, -0.2) is 19.3 Å². The lowest BCUT2D eigenvalue weighted by Crippen LogP contribution is -2.64. The summed E-state index contributed by atoms with van der Waals surface area (Å²) in [4.78, 5) is 120. The zero-order valence-corrected chi connectivity index (χ0v) is 43.5. The molecule has 0 spiro atoms. The third-order valence-electron chi connectivity index (χ3n) is 11.3. The van der Waals surface area contributed by atoms with E-state index in [9.17, 15) is 48.3 Å². The van der Waals surface area contributed by atoms with Gasteiger partial charge >= 0.3 is 42.0 Å². The first-order chi connectivity index (χ1) is 36.0. The molecule has 25 nitrogen and oxygen atoms in total. The molecule has 0 saturated carbocycles. The lowest BCUT2D eigenvalue weighted by molar-refractivity contribution is -0.282. The average molecular weight is 1070 g/mol. The number of aliphatic hydroxyl groups is 1. The SMILES string of the molecule is C=CCOC(=O)CCCOc1cc2c(cc1OC)C(=O)N1CC(=C)C[C@H]1C(O)N2C(=O)OCc1ccc(O[C@@H]2O[C@H](C(=O)OC)[C@@H](OC(C)=O)[C@H](OC(C)=O)[C@H]2OC(C)=O)c(C(=O)NCCCNC(=O)OC(C)(C)C)c1. The fourth-order valence-corrected chi connectivity index (χ4v) is 8.16. The Balaban J connectivity index is 1.49. The maximum atomic E-state index is 14.4. The minimum Gasteiger partial charge on any atom is -0.493 e. The van der Waals surface area contributed by atoms with E-state index in [0.717, 1.165) is 32.8 Å². The van der Waals surface area contributed by atoms with Gasteiger partial charge in [0.15, 0.2) is 36.0 Å². The summed E-state index contributed by atoms with van der Waals surface area (Å²) in [5.41, 5.74) is -0.396. The molecule has 3 aliphatic rings. The summed E-state index contributed by atoms with van der Waals surface area (Å²) in [7, 11) is 2.35. The molecule has 4 amide bonds. The number of hydrogen-bond donors (Lipinski definition) is 3. The largest absolute Gasteiger partial charge is 0.493 e. The monoisotopic (exact) mass is 1070 g/mol. The fourth-order valence-electron chi connectivity index (χ4n) is 8.16. The summed E-state index contributed by atoms with van der Waals surface area (Å²) < 4.78 is 60.9. The van der Waals surface area contributed by atoms with Gasteiger partial charge in [0.2, 0.25) is 12.4 Å². The maximum absolute atomic E-state index is 14.4. The minimum atomic E-state index is -1.87. The molecule has 414 valence electrons. The molecule has 7 atom stereocenters. The number of amides is 4. The highest BCUT2D eigenvalue weighted by Crippen LogP contribution is 2.42. The van der Waals surface area contributed by atoms with Crippen molar-refractivity contribution in [3.8, 4) is 17.2 Å². The van der Waals surface area contributed by atoms with Crippen molar-refractivity contribution in [2.24, 2.45) is 0 Å². The minimum absolute atomic E-state index is 0.00865. The van der Waals surface area contributed by atoms with E-state index in [1.165, 1.54) is 48.4 Å². The van der Waals surface area contributed by atoms with Crippen LogP contribution in [0.4, 0.5) is 15.3 Å². The van der Waals surface area contributed by atoms with Crippen LogP contribution in [0, 0.1) is 0 Å². The number of nitrogens with one attached hydrogen (secondary N) is 2. The number of hydrogen-bond acceptors (Lipinski definition) is 21. The smallest absolute Gasteiger partial charge is 0.416 e. The molecule has 0 aromatic heterocycles.